The number of esters is 1. The van der Waals surface area contributed by atoms with E-state index in [-0.39, 0.29) is 56.5 Å². The van der Waals surface area contributed by atoms with Crippen molar-refractivity contribution in [2.75, 3.05) is 11.5 Å². The van der Waals surface area contributed by atoms with Crippen molar-refractivity contribution in [3.8, 4) is 0 Å². The van der Waals surface area contributed by atoms with Crippen molar-refractivity contribution in [1.29, 1.82) is 0 Å². The third-order valence-electron chi connectivity index (χ3n) is 6.83. The van der Waals surface area contributed by atoms with Crippen LogP contribution in [0.4, 0.5) is 5.69 Å². The Morgan fingerprint density at radius 2 is 1.52 bits per heavy atom. The van der Waals surface area contributed by atoms with Crippen molar-refractivity contribution in [3.63, 3.8) is 0 Å². The summed E-state index contributed by atoms with van der Waals surface area (Å²) in [6.45, 7) is -0.404. The van der Waals surface area contributed by atoms with Crippen molar-refractivity contribution >= 4 is 77.0 Å². The lowest BCUT2D eigenvalue weighted by molar-refractivity contribution is -0.123. The summed E-state index contributed by atoms with van der Waals surface area (Å²) in [5.74, 6) is -1.88. The number of carbonyl (C=O) groups excluding carboxylic acids is 4. The molecule has 170 valence electrons. The fraction of sp³-hybridized carbons (Fsp3) is 0.333. The first-order chi connectivity index (χ1) is 15.8. The van der Waals surface area contributed by atoms with Crippen LogP contribution in [0.25, 0.3) is 0 Å². The molecule has 2 saturated carbocycles. The highest BCUT2D eigenvalue weighted by Crippen LogP contribution is 2.60. The maximum absolute atomic E-state index is 13.2. The quantitative estimate of drug-likeness (QED) is 0.204. The molecule has 1 aliphatic heterocycles. The summed E-state index contributed by atoms with van der Waals surface area (Å²) in [6.07, 6.45) is 0.852. The van der Waals surface area contributed by atoms with E-state index in [4.69, 9.17) is 4.74 Å². The monoisotopic (exact) mass is 637 g/mol. The molecule has 9 heteroatoms. The predicted molar refractivity (Wildman–Crippen MR) is 132 cm³/mol. The van der Waals surface area contributed by atoms with Crippen LogP contribution in [0.2, 0.25) is 0 Å². The van der Waals surface area contributed by atoms with Gasteiger partial charge in [0, 0.05) is 19.7 Å². The second-order valence-electron chi connectivity index (χ2n) is 8.57. The Balaban J connectivity index is 1.31. The lowest BCUT2D eigenvalue weighted by Gasteiger charge is -2.28. The van der Waals surface area contributed by atoms with Gasteiger partial charge in [0.15, 0.2) is 12.4 Å². The van der Waals surface area contributed by atoms with E-state index in [0.717, 1.165) is 10.9 Å². The molecule has 1 saturated heterocycles. The molecule has 33 heavy (non-hydrogen) atoms. The van der Waals surface area contributed by atoms with Crippen LogP contribution in [-0.2, 0) is 14.3 Å². The number of ketones is 1. The van der Waals surface area contributed by atoms with E-state index >= 15 is 0 Å². The van der Waals surface area contributed by atoms with E-state index in [0.29, 0.717) is 11.3 Å². The number of imide groups is 1. The first kappa shape index (κ1) is 22.9. The zero-order valence-corrected chi connectivity index (χ0v) is 21.9. The Bertz CT molecular complexity index is 1130. The van der Waals surface area contributed by atoms with Crippen LogP contribution in [0, 0.1) is 23.7 Å². The standard InChI is InChI=1S/C24H18Br3NO5/c25-13-6-4-11(5-7-13)17(29)10-33-24(32)12-2-1-3-14(8-12)28-22(30)18-15-9-16(19(18)23(28)31)21(27)20(15)26/h1-8,15-16,18-21H,9-10H2/t15-,16-,18-,19+,20+,21+/m1/s1. The third-order valence-corrected chi connectivity index (χ3v) is 10.6. The Hall–Kier alpha value is -1.84. The molecule has 0 radical (unpaired) electrons. The molecule has 2 aliphatic carbocycles. The fourth-order valence-corrected chi connectivity index (χ4v) is 7.45. The predicted octanol–water partition coefficient (Wildman–Crippen LogP) is 4.77. The van der Waals surface area contributed by atoms with Crippen molar-refractivity contribution < 1.29 is 23.9 Å². The van der Waals surface area contributed by atoms with Crippen molar-refractivity contribution in [2.45, 2.75) is 16.1 Å². The molecule has 0 unspecified atom stereocenters. The van der Waals surface area contributed by atoms with Gasteiger partial charge in [-0.2, -0.15) is 0 Å². The lowest BCUT2D eigenvalue weighted by Crippen LogP contribution is -2.37. The fourth-order valence-electron chi connectivity index (χ4n) is 5.31. The second kappa shape index (κ2) is 8.74. The number of hydrogen-bond donors (Lipinski definition) is 0. The summed E-state index contributed by atoms with van der Waals surface area (Å²) in [6, 6.07) is 13.0. The molecule has 1 heterocycles. The largest absolute Gasteiger partial charge is 0.454 e. The van der Waals surface area contributed by atoms with E-state index in [1.54, 1.807) is 36.4 Å². The third kappa shape index (κ3) is 3.82. The molecule has 6 nitrogen and oxygen atoms in total. The van der Waals surface area contributed by atoms with Gasteiger partial charge in [0.05, 0.1) is 23.1 Å². The van der Waals surface area contributed by atoms with Gasteiger partial charge in [-0.25, -0.2) is 4.79 Å². The van der Waals surface area contributed by atoms with E-state index in [1.807, 2.05) is 0 Å². The highest BCUT2D eigenvalue weighted by Gasteiger charge is 2.66. The maximum atomic E-state index is 13.2. The van der Waals surface area contributed by atoms with Gasteiger partial charge in [-0.3, -0.25) is 19.3 Å². The summed E-state index contributed by atoms with van der Waals surface area (Å²) < 4.78 is 6.03. The van der Waals surface area contributed by atoms with Gasteiger partial charge in [0.1, 0.15) is 0 Å². The zero-order chi connectivity index (χ0) is 23.4. The number of ether oxygens (including phenoxy) is 1. The summed E-state index contributed by atoms with van der Waals surface area (Å²) in [5.41, 5.74) is 0.961. The number of alkyl halides is 2. The summed E-state index contributed by atoms with van der Waals surface area (Å²) >= 11 is 10.7. The van der Waals surface area contributed by atoms with Crippen LogP contribution in [0.15, 0.2) is 53.0 Å². The summed E-state index contributed by atoms with van der Waals surface area (Å²) in [5, 5.41) is 0. The Labute approximate surface area is 215 Å². The van der Waals surface area contributed by atoms with Gasteiger partial charge in [-0.1, -0.05) is 66.0 Å². The lowest BCUT2D eigenvalue weighted by atomic mass is 9.81. The molecule has 2 aromatic carbocycles. The molecule has 2 amide bonds. The molecule has 5 rings (SSSR count). The van der Waals surface area contributed by atoms with Gasteiger partial charge in [-0.05, 0) is 48.6 Å². The van der Waals surface area contributed by atoms with E-state index in [2.05, 4.69) is 47.8 Å². The van der Waals surface area contributed by atoms with Crippen LogP contribution in [-0.4, -0.2) is 39.8 Å². The number of fused-ring (bicyclic) bond motifs is 5. The average Bonchev–Trinajstić information content (AvgIpc) is 3.42. The number of hydrogen-bond acceptors (Lipinski definition) is 5. The molecule has 0 spiro atoms. The van der Waals surface area contributed by atoms with Crippen LogP contribution >= 0.6 is 47.8 Å². The summed E-state index contributed by atoms with van der Waals surface area (Å²) in [7, 11) is 0. The first-order valence-corrected chi connectivity index (χ1v) is 13.1. The number of rotatable bonds is 5. The van der Waals surface area contributed by atoms with E-state index in [1.165, 1.54) is 17.0 Å². The van der Waals surface area contributed by atoms with Gasteiger partial charge in [-0.15, -0.1) is 0 Å². The molecule has 3 aliphatic rings. The normalized spacial score (nSPS) is 30.0. The minimum absolute atomic E-state index is 0.114. The minimum Gasteiger partial charge on any atom is -0.454 e. The Kier molecular flexibility index (Phi) is 6.07. The topological polar surface area (TPSA) is 80.8 Å². The Morgan fingerprint density at radius 1 is 0.909 bits per heavy atom. The number of nitrogens with zero attached hydrogens (tertiary/aromatic N) is 1. The zero-order valence-electron chi connectivity index (χ0n) is 17.1. The number of amides is 2. The van der Waals surface area contributed by atoms with Crippen molar-refractivity contribution in [3.05, 3.63) is 64.1 Å². The number of halogens is 3. The van der Waals surface area contributed by atoms with E-state index < -0.39 is 12.6 Å². The molecule has 6 atom stereocenters. The molecule has 0 N–H and O–H groups in total. The number of carbonyl (C=O) groups is 4. The van der Waals surface area contributed by atoms with Gasteiger partial charge >= 0.3 is 5.97 Å². The Morgan fingerprint density at radius 3 is 2.12 bits per heavy atom. The van der Waals surface area contributed by atoms with E-state index in [9.17, 15) is 19.2 Å². The van der Waals surface area contributed by atoms with Crippen LogP contribution in [0.3, 0.4) is 0 Å². The molecule has 2 bridgehead atoms. The molecule has 3 fully saturated rings. The number of benzene rings is 2. The smallest absolute Gasteiger partial charge is 0.338 e. The van der Waals surface area contributed by atoms with Crippen molar-refractivity contribution in [1.82, 2.24) is 0 Å². The molecular formula is C24H18Br3NO5. The first-order valence-electron chi connectivity index (χ1n) is 10.5. The second-order valence-corrected chi connectivity index (χ2v) is 11.6. The average molecular weight is 640 g/mol. The van der Waals surface area contributed by atoms with Crippen LogP contribution in [0.1, 0.15) is 27.1 Å². The summed E-state index contributed by atoms with van der Waals surface area (Å²) in [4.78, 5) is 52.8. The highest BCUT2D eigenvalue weighted by atomic mass is 79.9. The molecule has 0 aromatic heterocycles. The number of Topliss-reactive ketones (excluding diaryl/α,β-unsaturated/α-hetero) is 1. The van der Waals surface area contributed by atoms with Gasteiger partial charge < -0.3 is 4.74 Å². The SMILES string of the molecule is O=C(COC(=O)c1cccc(N2C(=O)[C@@H]3[C@H]4C[C@@H]([C@H](Br)[C@H]4Br)[C@@H]3C2=O)c1)c1ccc(Br)cc1. The molecular weight excluding hydrogens is 622 g/mol. The van der Waals surface area contributed by atoms with Gasteiger partial charge in [0.2, 0.25) is 11.8 Å². The minimum atomic E-state index is -0.692. The maximum Gasteiger partial charge on any atom is 0.338 e. The van der Waals surface area contributed by atoms with Crippen molar-refractivity contribution in [2.24, 2.45) is 23.7 Å². The number of anilines is 1. The van der Waals surface area contributed by atoms with Gasteiger partial charge in [0.25, 0.3) is 0 Å². The van der Waals surface area contributed by atoms with Crippen LogP contribution < -0.4 is 4.90 Å². The molecule has 2 aromatic rings. The van der Waals surface area contributed by atoms with Crippen LogP contribution in [0.5, 0.6) is 0 Å². The highest BCUT2D eigenvalue weighted by molar-refractivity contribution is 9.12.